The maximum absolute atomic E-state index is 11.6. The van der Waals surface area contributed by atoms with Gasteiger partial charge in [0.1, 0.15) is 0 Å². The van der Waals surface area contributed by atoms with Crippen molar-refractivity contribution in [2.45, 2.75) is 33.1 Å². The normalized spacial score (nSPS) is 20.7. The highest BCUT2D eigenvalue weighted by Crippen LogP contribution is 2.36. The minimum Gasteiger partial charge on any atom is -0.325 e. The van der Waals surface area contributed by atoms with Crippen LogP contribution in [0.25, 0.3) is 0 Å². The molecule has 0 fully saturated rings. The van der Waals surface area contributed by atoms with Crippen LogP contribution in [0.3, 0.4) is 0 Å². The van der Waals surface area contributed by atoms with Crippen LogP contribution in [0.4, 0.5) is 0 Å². The summed E-state index contributed by atoms with van der Waals surface area (Å²) in [7, 11) is 0. The van der Waals surface area contributed by atoms with E-state index in [-0.39, 0.29) is 11.7 Å². The zero-order valence-electron chi connectivity index (χ0n) is 8.44. The second-order valence-corrected chi connectivity index (χ2v) is 3.59. The molecule has 74 valence electrons. The zero-order valence-corrected chi connectivity index (χ0v) is 8.44. The molecule has 0 aromatic heterocycles. The first-order valence-electron chi connectivity index (χ1n) is 4.99. The Labute approximate surface area is 82.9 Å². The Kier molecular flexibility index (Phi) is 2.02. The molecule has 3 heteroatoms. The fourth-order valence-electron chi connectivity index (χ4n) is 2.11. The van der Waals surface area contributed by atoms with Crippen LogP contribution in [0.1, 0.15) is 33.1 Å². The van der Waals surface area contributed by atoms with E-state index >= 15 is 0 Å². The average Bonchev–Trinajstić information content (AvgIpc) is 2.67. The van der Waals surface area contributed by atoms with Gasteiger partial charge in [0.25, 0.3) is 5.91 Å². The van der Waals surface area contributed by atoms with Crippen molar-refractivity contribution in [2.24, 2.45) is 0 Å². The highest BCUT2D eigenvalue weighted by molar-refractivity contribution is 6.20. The Hall–Kier alpha value is -1.38. The van der Waals surface area contributed by atoms with Crippen LogP contribution in [0.2, 0.25) is 0 Å². The van der Waals surface area contributed by atoms with E-state index in [0.717, 1.165) is 17.7 Å². The number of rotatable bonds is 2. The van der Waals surface area contributed by atoms with E-state index in [1.54, 1.807) is 0 Å². The molecule has 1 N–H and O–H groups in total. The van der Waals surface area contributed by atoms with Crippen molar-refractivity contribution in [1.29, 1.82) is 0 Å². The number of hydrogen-bond donors (Lipinski definition) is 1. The predicted octanol–water partition coefficient (Wildman–Crippen LogP) is 1.46. The summed E-state index contributed by atoms with van der Waals surface area (Å²) in [5.74, 6) is 0.0200. The topological polar surface area (TPSA) is 46.2 Å². The molecule has 0 aromatic rings. The lowest BCUT2D eigenvalue weighted by molar-refractivity contribution is -0.116. The number of Topliss-reactive ketones (excluding diaryl/α,β-unsaturated/α-hetero) is 1. The average molecular weight is 191 g/mol. The summed E-state index contributed by atoms with van der Waals surface area (Å²) in [4.78, 5) is 23.2. The first-order chi connectivity index (χ1) is 6.69. The lowest BCUT2D eigenvalue weighted by atomic mass is 10.1. The number of fused-ring (bicyclic) bond motifs is 1. The van der Waals surface area contributed by atoms with Crippen molar-refractivity contribution in [3.05, 3.63) is 22.4 Å². The van der Waals surface area contributed by atoms with Crippen LogP contribution in [0.5, 0.6) is 0 Å². The molecule has 0 saturated carbocycles. The van der Waals surface area contributed by atoms with Gasteiger partial charge in [-0.1, -0.05) is 13.8 Å². The maximum atomic E-state index is 11.6. The third-order valence-corrected chi connectivity index (χ3v) is 2.83. The Morgan fingerprint density at radius 1 is 1.14 bits per heavy atom. The van der Waals surface area contributed by atoms with Crippen molar-refractivity contribution in [1.82, 2.24) is 5.32 Å². The summed E-state index contributed by atoms with van der Waals surface area (Å²) in [6.45, 7) is 3.93. The minimum absolute atomic E-state index is 0.0837. The molecule has 1 aliphatic heterocycles. The molecule has 1 aliphatic carbocycles. The first-order valence-corrected chi connectivity index (χ1v) is 4.99. The highest BCUT2D eigenvalue weighted by atomic mass is 16.2. The van der Waals surface area contributed by atoms with Gasteiger partial charge < -0.3 is 5.32 Å². The van der Waals surface area contributed by atoms with E-state index in [4.69, 9.17) is 0 Å². The van der Waals surface area contributed by atoms with Crippen LogP contribution in [-0.4, -0.2) is 11.7 Å². The number of carbonyl (C=O) groups is 2. The van der Waals surface area contributed by atoms with Gasteiger partial charge >= 0.3 is 0 Å². The van der Waals surface area contributed by atoms with Gasteiger partial charge in [0.2, 0.25) is 0 Å². The van der Waals surface area contributed by atoms with Crippen molar-refractivity contribution < 1.29 is 9.59 Å². The minimum atomic E-state index is -0.0837. The highest BCUT2D eigenvalue weighted by Gasteiger charge is 2.37. The SMILES string of the molecule is CCC1=C2C(=O)NC(CC)=C2C(=O)C1. The van der Waals surface area contributed by atoms with Crippen LogP contribution in [0, 0.1) is 0 Å². The Morgan fingerprint density at radius 2 is 1.86 bits per heavy atom. The number of amides is 1. The first kappa shape index (κ1) is 9.19. The Bertz CT molecular complexity index is 350. The maximum Gasteiger partial charge on any atom is 0.256 e. The van der Waals surface area contributed by atoms with Crippen molar-refractivity contribution in [3.8, 4) is 0 Å². The van der Waals surface area contributed by atoms with E-state index in [1.165, 1.54) is 0 Å². The molecule has 0 spiro atoms. The second-order valence-electron chi connectivity index (χ2n) is 3.59. The molecule has 14 heavy (non-hydrogen) atoms. The number of allylic oxidation sites excluding steroid dienone is 2. The molecule has 2 aliphatic rings. The Morgan fingerprint density at radius 3 is 2.43 bits per heavy atom. The van der Waals surface area contributed by atoms with E-state index in [2.05, 4.69) is 5.32 Å². The van der Waals surface area contributed by atoms with E-state index in [1.807, 2.05) is 13.8 Å². The predicted molar refractivity (Wildman–Crippen MR) is 52.4 cm³/mol. The molecular weight excluding hydrogens is 178 g/mol. The summed E-state index contributed by atoms with van der Waals surface area (Å²) in [6.07, 6.45) is 1.94. The van der Waals surface area contributed by atoms with Crippen LogP contribution >= 0.6 is 0 Å². The van der Waals surface area contributed by atoms with Gasteiger partial charge in [-0.15, -0.1) is 0 Å². The molecule has 0 saturated heterocycles. The van der Waals surface area contributed by atoms with Crippen LogP contribution in [0.15, 0.2) is 22.4 Å². The third kappa shape index (κ3) is 1.05. The zero-order chi connectivity index (χ0) is 10.3. The summed E-state index contributed by atoms with van der Waals surface area (Å²) < 4.78 is 0. The van der Waals surface area contributed by atoms with Crippen molar-refractivity contribution in [2.75, 3.05) is 0 Å². The molecule has 3 nitrogen and oxygen atoms in total. The smallest absolute Gasteiger partial charge is 0.256 e. The molecule has 0 bridgehead atoms. The monoisotopic (exact) mass is 191 g/mol. The lowest BCUT2D eigenvalue weighted by Gasteiger charge is -2.00. The molecular formula is C11H13NO2. The van der Waals surface area contributed by atoms with Crippen LogP contribution < -0.4 is 5.32 Å². The molecule has 0 aromatic carbocycles. The van der Waals surface area contributed by atoms with Gasteiger partial charge in [-0.3, -0.25) is 9.59 Å². The van der Waals surface area contributed by atoms with Gasteiger partial charge in [-0.2, -0.15) is 0 Å². The number of ketones is 1. The number of hydrogen-bond acceptors (Lipinski definition) is 2. The van der Waals surface area contributed by atoms with E-state index < -0.39 is 0 Å². The van der Waals surface area contributed by atoms with Crippen LogP contribution in [-0.2, 0) is 9.59 Å². The van der Waals surface area contributed by atoms with Gasteiger partial charge in [0.05, 0.1) is 5.57 Å². The largest absolute Gasteiger partial charge is 0.325 e. The third-order valence-electron chi connectivity index (χ3n) is 2.83. The molecule has 0 radical (unpaired) electrons. The summed E-state index contributed by atoms with van der Waals surface area (Å²) >= 11 is 0. The van der Waals surface area contributed by atoms with Crippen molar-refractivity contribution in [3.63, 3.8) is 0 Å². The lowest BCUT2D eigenvalue weighted by Crippen LogP contribution is -2.17. The molecule has 1 amide bonds. The molecule has 0 unspecified atom stereocenters. The number of nitrogens with one attached hydrogen (secondary N) is 1. The summed E-state index contributed by atoms with van der Waals surface area (Å²) in [5, 5.41) is 2.76. The van der Waals surface area contributed by atoms with Gasteiger partial charge in [-0.25, -0.2) is 0 Å². The van der Waals surface area contributed by atoms with Gasteiger partial charge in [-0.05, 0) is 18.4 Å². The quantitative estimate of drug-likeness (QED) is 0.718. The summed E-state index contributed by atoms with van der Waals surface area (Å²) in [5.41, 5.74) is 3.12. The van der Waals surface area contributed by atoms with E-state index in [9.17, 15) is 9.59 Å². The van der Waals surface area contributed by atoms with Gasteiger partial charge in [0.15, 0.2) is 5.78 Å². The molecule has 2 rings (SSSR count). The fourth-order valence-corrected chi connectivity index (χ4v) is 2.11. The Balaban J connectivity index is 2.56. The standard InChI is InChI=1S/C11H13NO2/c1-3-6-5-8(13)10-7(4-2)12-11(14)9(6)10/h3-5H2,1-2H3,(H,12,14). The second kappa shape index (κ2) is 3.08. The van der Waals surface area contributed by atoms with E-state index in [0.29, 0.717) is 24.0 Å². The molecule has 0 atom stereocenters. The van der Waals surface area contributed by atoms with Crippen molar-refractivity contribution >= 4 is 11.7 Å². The fraction of sp³-hybridized carbons (Fsp3) is 0.455. The number of carbonyl (C=O) groups excluding carboxylic acids is 2. The van der Waals surface area contributed by atoms with Gasteiger partial charge in [0, 0.05) is 17.7 Å². The molecule has 1 heterocycles. The summed E-state index contributed by atoms with van der Waals surface area (Å²) in [6, 6.07) is 0.